The Kier molecular flexibility index (Phi) is 4.56. The van der Waals surface area contributed by atoms with E-state index in [4.69, 9.17) is 4.74 Å². The van der Waals surface area contributed by atoms with Crippen LogP contribution in [0.15, 0.2) is 42.5 Å². The summed E-state index contributed by atoms with van der Waals surface area (Å²) in [6, 6.07) is 13.5. The predicted octanol–water partition coefficient (Wildman–Crippen LogP) is 3.92. The minimum Gasteiger partial charge on any atom is -0.493 e. The lowest BCUT2D eigenvalue weighted by atomic mass is 9.79. The molecule has 2 aromatic carbocycles. The van der Waals surface area contributed by atoms with Gasteiger partial charge < -0.3 is 4.74 Å². The first-order chi connectivity index (χ1) is 12.0. The molecule has 1 aliphatic heterocycles. The van der Waals surface area contributed by atoms with Crippen molar-refractivity contribution in [3.8, 4) is 16.9 Å². The highest BCUT2D eigenvalue weighted by molar-refractivity contribution is 5.89. The van der Waals surface area contributed by atoms with Crippen LogP contribution in [0.2, 0.25) is 0 Å². The third-order valence-electron chi connectivity index (χ3n) is 4.83. The van der Waals surface area contributed by atoms with Gasteiger partial charge in [0.05, 0.1) is 12.2 Å². The van der Waals surface area contributed by atoms with Gasteiger partial charge in [-0.3, -0.25) is 0 Å². The van der Waals surface area contributed by atoms with Crippen molar-refractivity contribution in [2.75, 3.05) is 13.2 Å². The van der Waals surface area contributed by atoms with Crippen LogP contribution >= 0.6 is 0 Å². The van der Waals surface area contributed by atoms with Gasteiger partial charge in [0.15, 0.2) is 6.54 Å². The second-order valence-corrected chi connectivity index (χ2v) is 6.91. The lowest BCUT2D eigenvalue weighted by Gasteiger charge is -2.32. The number of rotatable bonds is 3. The van der Waals surface area contributed by atoms with Gasteiger partial charge in [0.25, 0.3) is 0 Å². The molecule has 0 saturated carbocycles. The van der Waals surface area contributed by atoms with E-state index in [1.54, 1.807) is 25.1 Å². The number of amides is 1. The molecule has 0 unspecified atom stereocenters. The van der Waals surface area contributed by atoms with E-state index in [1.165, 1.54) is 5.56 Å². The van der Waals surface area contributed by atoms with Crippen LogP contribution in [0, 0.1) is 0 Å². The molecule has 0 aliphatic carbocycles. The molecule has 25 heavy (non-hydrogen) atoms. The molecular formula is C21H22NO3+. The van der Waals surface area contributed by atoms with Gasteiger partial charge >= 0.3 is 12.0 Å². The molecule has 0 atom stereocenters. The Hall–Kier alpha value is -2.71. The summed E-state index contributed by atoms with van der Waals surface area (Å²) >= 11 is 0. The van der Waals surface area contributed by atoms with Crippen molar-refractivity contribution in [2.24, 2.45) is 0 Å². The van der Waals surface area contributed by atoms with Crippen LogP contribution in [-0.2, 0) is 10.2 Å². The number of ether oxygens (including phenoxy) is 1. The van der Waals surface area contributed by atoms with E-state index in [1.807, 2.05) is 24.3 Å². The Morgan fingerprint density at radius 1 is 1.16 bits per heavy atom. The van der Waals surface area contributed by atoms with Gasteiger partial charge in [-0.25, -0.2) is 4.79 Å². The highest BCUT2D eigenvalue weighted by Crippen LogP contribution is 2.40. The van der Waals surface area contributed by atoms with Crippen molar-refractivity contribution in [2.45, 2.75) is 32.6 Å². The largest absolute Gasteiger partial charge is 0.493 e. The smallest absolute Gasteiger partial charge is 0.433 e. The molecule has 4 heteroatoms. The Bertz CT molecular complexity index is 859. The van der Waals surface area contributed by atoms with Crippen molar-refractivity contribution in [3.05, 3.63) is 53.6 Å². The molecule has 0 aromatic heterocycles. The van der Waals surface area contributed by atoms with Crippen LogP contribution in [-0.4, -0.2) is 29.7 Å². The predicted molar refractivity (Wildman–Crippen MR) is 95.8 cm³/mol. The maximum Gasteiger partial charge on any atom is 0.433 e. The fourth-order valence-corrected chi connectivity index (χ4v) is 3.13. The van der Waals surface area contributed by atoms with E-state index in [0.717, 1.165) is 34.5 Å². The van der Waals surface area contributed by atoms with Crippen molar-refractivity contribution >= 4 is 12.0 Å². The number of hydrogen-bond acceptors (Lipinski definition) is 3. The topological polar surface area (TPSA) is 46.4 Å². The van der Waals surface area contributed by atoms with E-state index in [9.17, 15) is 9.59 Å². The Morgan fingerprint density at radius 3 is 2.48 bits per heavy atom. The molecule has 1 heterocycles. The number of nitrogens with zero attached hydrogens (tertiary/aromatic N) is 1. The zero-order valence-corrected chi connectivity index (χ0v) is 14.8. The SMILES string of the molecule is CC[N+](=C=O)C(=O)c1ccc(-c2ccc3c(c2)C(C)(C)CCO3)cc1. The maximum atomic E-state index is 12.2. The van der Waals surface area contributed by atoms with Crippen LogP contribution < -0.4 is 4.74 Å². The molecule has 0 spiro atoms. The van der Waals surface area contributed by atoms with E-state index in [0.29, 0.717) is 12.1 Å². The van der Waals surface area contributed by atoms with Gasteiger partial charge in [-0.2, -0.15) is 4.79 Å². The summed E-state index contributed by atoms with van der Waals surface area (Å²) < 4.78 is 6.80. The Morgan fingerprint density at radius 2 is 1.84 bits per heavy atom. The number of fused-ring (bicyclic) bond motifs is 1. The van der Waals surface area contributed by atoms with Gasteiger partial charge in [0, 0.05) is 5.56 Å². The monoisotopic (exact) mass is 336 g/mol. The normalized spacial score (nSPS) is 14.8. The van der Waals surface area contributed by atoms with Crippen molar-refractivity contribution in [3.63, 3.8) is 0 Å². The second-order valence-electron chi connectivity index (χ2n) is 6.91. The highest BCUT2D eigenvalue weighted by Gasteiger charge is 2.29. The molecular weight excluding hydrogens is 314 g/mol. The Balaban J connectivity index is 1.93. The third kappa shape index (κ3) is 3.26. The van der Waals surface area contributed by atoms with E-state index >= 15 is 0 Å². The van der Waals surface area contributed by atoms with Gasteiger partial charge in [-0.1, -0.05) is 36.6 Å². The molecule has 3 rings (SSSR count). The molecule has 0 saturated heterocycles. The quantitative estimate of drug-likeness (QED) is 0.485. The first kappa shape index (κ1) is 17.1. The number of carbonyl (C=O) groups excluding carboxylic acids is 2. The second kappa shape index (κ2) is 6.66. The average Bonchev–Trinajstić information content (AvgIpc) is 2.62. The van der Waals surface area contributed by atoms with Crippen molar-refractivity contribution in [1.29, 1.82) is 0 Å². The van der Waals surface area contributed by atoms with Crippen LogP contribution in [0.25, 0.3) is 11.1 Å². The molecule has 1 aliphatic rings. The first-order valence-electron chi connectivity index (χ1n) is 8.53. The summed E-state index contributed by atoms with van der Waals surface area (Å²) in [7, 11) is 0. The molecule has 0 bridgehead atoms. The number of carbonyl (C=O) groups is 1. The minimum absolute atomic E-state index is 0.0842. The summed E-state index contributed by atoms with van der Waals surface area (Å²) in [4.78, 5) is 23.0. The summed E-state index contributed by atoms with van der Waals surface area (Å²) in [5.74, 6) is 0.621. The third-order valence-corrected chi connectivity index (χ3v) is 4.83. The zero-order valence-electron chi connectivity index (χ0n) is 14.8. The van der Waals surface area contributed by atoms with E-state index in [2.05, 4.69) is 19.9 Å². The summed E-state index contributed by atoms with van der Waals surface area (Å²) in [5.41, 5.74) is 3.89. The molecule has 0 fully saturated rings. The van der Waals surface area contributed by atoms with Crippen LogP contribution in [0.4, 0.5) is 0 Å². The minimum atomic E-state index is -0.330. The van der Waals surface area contributed by atoms with Crippen LogP contribution in [0.3, 0.4) is 0 Å². The van der Waals surface area contributed by atoms with Crippen molar-refractivity contribution in [1.82, 2.24) is 0 Å². The summed E-state index contributed by atoms with van der Waals surface area (Å²) in [6.07, 6.45) is 2.65. The van der Waals surface area contributed by atoms with Gasteiger partial charge in [-0.05, 0) is 54.2 Å². The van der Waals surface area contributed by atoms with Crippen molar-refractivity contribution < 1.29 is 18.9 Å². The molecule has 2 aromatic rings. The summed E-state index contributed by atoms with van der Waals surface area (Å²) in [6.45, 7) is 7.26. The summed E-state index contributed by atoms with van der Waals surface area (Å²) in [5, 5.41) is 0. The Labute approximate surface area is 147 Å². The lowest BCUT2D eigenvalue weighted by Crippen LogP contribution is -2.26. The molecule has 128 valence electrons. The maximum absolute atomic E-state index is 12.2. The lowest BCUT2D eigenvalue weighted by molar-refractivity contribution is -0.421. The first-order valence-corrected chi connectivity index (χ1v) is 8.53. The molecule has 0 radical (unpaired) electrons. The standard InChI is InChI=1S/C21H22NO3/c1-4-22(14-23)20(24)16-7-5-15(6-8-16)17-9-10-19-18(13-17)21(2,3)11-12-25-19/h5-10,13H,4,11-12H2,1-3H3/q+1. The number of isocyanates is 1. The molecule has 0 N–H and O–H groups in total. The van der Waals surface area contributed by atoms with Crippen LogP contribution in [0.1, 0.15) is 43.1 Å². The zero-order chi connectivity index (χ0) is 18.0. The van der Waals surface area contributed by atoms with Gasteiger partial charge in [0.2, 0.25) is 0 Å². The average molecular weight is 336 g/mol. The molecule has 1 amide bonds. The van der Waals surface area contributed by atoms with Crippen LogP contribution in [0.5, 0.6) is 5.75 Å². The number of benzene rings is 2. The molecule has 4 nitrogen and oxygen atoms in total. The highest BCUT2D eigenvalue weighted by atomic mass is 16.5. The number of hydrogen-bond donors (Lipinski definition) is 0. The van der Waals surface area contributed by atoms with Gasteiger partial charge in [-0.15, -0.1) is 0 Å². The fourth-order valence-electron chi connectivity index (χ4n) is 3.13. The van der Waals surface area contributed by atoms with E-state index < -0.39 is 0 Å². The fraction of sp³-hybridized carbons (Fsp3) is 0.333. The van der Waals surface area contributed by atoms with Gasteiger partial charge in [0.1, 0.15) is 5.75 Å². The van der Waals surface area contributed by atoms with E-state index in [-0.39, 0.29) is 11.3 Å².